The van der Waals surface area contributed by atoms with E-state index in [4.69, 9.17) is 0 Å². The maximum absolute atomic E-state index is 12.5. The van der Waals surface area contributed by atoms with Crippen molar-refractivity contribution in [1.29, 1.82) is 0 Å². The fourth-order valence-electron chi connectivity index (χ4n) is 2.76. The summed E-state index contributed by atoms with van der Waals surface area (Å²) in [7, 11) is 2.06. The summed E-state index contributed by atoms with van der Waals surface area (Å²) in [6.07, 6.45) is 6.33. The second-order valence-corrected chi connectivity index (χ2v) is 6.00. The van der Waals surface area contributed by atoms with Crippen LogP contribution in [0.1, 0.15) is 31.5 Å². The number of carbonyl (C=O) groups is 1. The van der Waals surface area contributed by atoms with Crippen LogP contribution in [0.25, 0.3) is 0 Å². The summed E-state index contributed by atoms with van der Waals surface area (Å²) in [5.74, 6) is 1.35. The Morgan fingerprint density at radius 1 is 1.61 bits per heavy atom. The van der Waals surface area contributed by atoms with Gasteiger partial charge in [0.1, 0.15) is 0 Å². The first-order valence-electron chi connectivity index (χ1n) is 6.55. The molecule has 3 nitrogen and oxygen atoms in total. The van der Waals surface area contributed by atoms with E-state index in [-0.39, 0.29) is 12.0 Å². The monoisotopic (exact) mass is 266 g/mol. The summed E-state index contributed by atoms with van der Waals surface area (Å²) in [6, 6.07) is 4.47. The number of amides is 1. The normalized spacial score (nSPS) is 21.3. The van der Waals surface area contributed by atoms with Crippen molar-refractivity contribution in [2.75, 3.05) is 18.6 Å². The molecule has 100 valence electrons. The van der Waals surface area contributed by atoms with Crippen LogP contribution in [0.15, 0.2) is 18.3 Å². The van der Waals surface area contributed by atoms with Gasteiger partial charge in [0.15, 0.2) is 0 Å². The molecule has 0 radical (unpaired) electrons. The van der Waals surface area contributed by atoms with Crippen molar-refractivity contribution >= 4 is 17.7 Å². The molecule has 1 fully saturated rings. The molecule has 1 amide bonds. The number of rotatable bonds is 4. The molecule has 1 saturated heterocycles. The molecule has 0 spiro atoms. The zero-order chi connectivity index (χ0) is 13.1. The van der Waals surface area contributed by atoms with Crippen LogP contribution in [0, 0.1) is 5.92 Å². The minimum Gasteiger partial charge on any atom is -0.353 e. The molecule has 2 heterocycles. The molecule has 2 rings (SSSR count). The SMILES string of the molecule is CSC[C@@H](C)C(=O)N1CCC[C@H]1c1cccn1C. The molecule has 4 heteroatoms. The van der Waals surface area contributed by atoms with Crippen molar-refractivity contribution in [2.45, 2.75) is 25.8 Å². The lowest BCUT2D eigenvalue weighted by Crippen LogP contribution is -2.36. The molecule has 0 bridgehead atoms. The molecule has 18 heavy (non-hydrogen) atoms. The van der Waals surface area contributed by atoms with Gasteiger partial charge in [0, 0.05) is 37.2 Å². The number of hydrogen-bond donors (Lipinski definition) is 0. The predicted octanol–water partition coefficient (Wildman–Crippen LogP) is 2.69. The molecule has 0 unspecified atom stereocenters. The van der Waals surface area contributed by atoms with Gasteiger partial charge in [-0.3, -0.25) is 4.79 Å². The highest BCUT2D eigenvalue weighted by Gasteiger charge is 2.33. The highest BCUT2D eigenvalue weighted by atomic mass is 32.2. The number of nitrogens with zero attached hydrogens (tertiary/aromatic N) is 2. The second kappa shape index (κ2) is 5.83. The third kappa shape index (κ3) is 2.58. The van der Waals surface area contributed by atoms with E-state index >= 15 is 0 Å². The van der Waals surface area contributed by atoms with Gasteiger partial charge in [0.25, 0.3) is 0 Å². The van der Waals surface area contributed by atoms with Crippen LogP contribution >= 0.6 is 11.8 Å². The van der Waals surface area contributed by atoms with E-state index in [9.17, 15) is 4.79 Å². The number of hydrogen-bond acceptors (Lipinski definition) is 2. The maximum Gasteiger partial charge on any atom is 0.226 e. The highest BCUT2D eigenvalue weighted by molar-refractivity contribution is 7.98. The van der Waals surface area contributed by atoms with Crippen molar-refractivity contribution in [3.05, 3.63) is 24.0 Å². The average Bonchev–Trinajstić information content (AvgIpc) is 2.96. The van der Waals surface area contributed by atoms with Gasteiger partial charge < -0.3 is 9.47 Å². The van der Waals surface area contributed by atoms with Gasteiger partial charge in [-0.1, -0.05) is 6.92 Å². The van der Waals surface area contributed by atoms with Crippen LogP contribution in [0.5, 0.6) is 0 Å². The van der Waals surface area contributed by atoms with Gasteiger partial charge in [-0.25, -0.2) is 0 Å². The van der Waals surface area contributed by atoms with Crippen LogP contribution < -0.4 is 0 Å². The Kier molecular flexibility index (Phi) is 4.38. The summed E-state index contributed by atoms with van der Waals surface area (Å²) in [5.41, 5.74) is 1.26. The molecule has 1 aromatic rings. The molecular weight excluding hydrogens is 244 g/mol. The fourth-order valence-corrected chi connectivity index (χ4v) is 3.41. The van der Waals surface area contributed by atoms with Crippen molar-refractivity contribution in [3.63, 3.8) is 0 Å². The van der Waals surface area contributed by atoms with E-state index in [1.807, 2.05) is 6.92 Å². The summed E-state index contributed by atoms with van der Waals surface area (Å²) < 4.78 is 2.13. The van der Waals surface area contributed by atoms with E-state index in [0.29, 0.717) is 5.91 Å². The number of thioether (sulfide) groups is 1. The quantitative estimate of drug-likeness (QED) is 0.837. The molecule has 0 aliphatic carbocycles. The molecular formula is C14H22N2OS. The lowest BCUT2D eigenvalue weighted by atomic mass is 10.1. The number of aromatic nitrogens is 1. The van der Waals surface area contributed by atoms with E-state index in [1.54, 1.807) is 11.8 Å². The van der Waals surface area contributed by atoms with Gasteiger partial charge in [-0.2, -0.15) is 11.8 Å². The Morgan fingerprint density at radius 2 is 2.39 bits per heavy atom. The van der Waals surface area contributed by atoms with E-state index < -0.39 is 0 Å². The van der Waals surface area contributed by atoms with Gasteiger partial charge in [-0.05, 0) is 31.2 Å². The molecule has 2 atom stereocenters. The second-order valence-electron chi connectivity index (χ2n) is 5.09. The topological polar surface area (TPSA) is 25.2 Å². The molecule has 0 N–H and O–H groups in total. The number of carbonyl (C=O) groups excluding carboxylic acids is 1. The average molecular weight is 266 g/mol. The maximum atomic E-state index is 12.5. The molecule has 0 aromatic carbocycles. The lowest BCUT2D eigenvalue weighted by Gasteiger charge is -2.27. The Bertz CT molecular complexity index is 416. The smallest absolute Gasteiger partial charge is 0.226 e. The number of likely N-dealkylation sites (tertiary alicyclic amines) is 1. The minimum atomic E-state index is 0.126. The van der Waals surface area contributed by atoms with Crippen molar-refractivity contribution in [2.24, 2.45) is 13.0 Å². The minimum absolute atomic E-state index is 0.126. The zero-order valence-corrected chi connectivity index (χ0v) is 12.2. The Hall–Kier alpha value is -0.900. The van der Waals surface area contributed by atoms with Gasteiger partial charge in [-0.15, -0.1) is 0 Å². The zero-order valence-electron chi connectivity index (χ0n) is 11.4. The molecule has 0 saturated carbocycles. The van der Waals surface area contributed by atoms with Crippen molar-refractivity contribution in [3.8, 4) is 0 Å². The lowest BCUT2D eigenvalue weighted by molar-refractivity contribution is -0.135. The summed E-state index contributed by atoms with van der Waals surface area (Å²) in [6.45, 7) is 2.95. The van der Waals surface area contributed by atoms with E-state index in [2.05, 4.69) is 41.1 Å². The molecule has 1 aromatic heterocycles. The van der Waals surface area contributed by atoms with Crippen molar-refractivity contribution in [1.82, 2.24) is 9.47 Å². The first-order chi connectivity index (χ1) is 8.65. The Labute approximate surface area is 114 Å². The fraction of sp³-hybridized carbons (Fsp3) is 0.643. The van der Waals surface area contributed by atoms with Crippen LogP contribution in [0.4, 0.5) is 0 Å². The van der Waals surface area contributed by atoms with Crippen LogP contribution in [-0.2, 0) is 11.8 Å². The first-order valence-corrected chi connectivity index (χ1v) is 7.95. The predicted molar refractivity (Wildman–Crippen MR) is 76.6 cm³/mol. The van der Waals surface area contributed by atoms with Crippen LogP contribution in [0.3, 0.4) is 0 Å². The standard InChI is InChI=1S/C14H22N2OS/c1-11(10-18-3)14(17)16-9-5-7-13(16)12-6-4-8-15(12)2/h4,6,8,11,13H,5,7,9-10H2,1-3H3/t11-,13+/m1/s1. The Balaban J connectivity index is 2.13. The largest absolute Gasteiger partial charge is 0.353 e. The number of aryl methyl sites for hydroxylation is 1. The van der Waals surface area contributed by atoms with Gasteiger partial charge in [0.05, 0.1) is 6.04 Å². The summed E-state index contributed by atoms with van der Waals surface area (Å²) in [5, 5.41) is 0. The van der Waals surface area contributed by atoms with Crippen LogP contribution in [0.2, 0.25) is 0 Å². The summed E-state index contributed by atoms with van der Waals surface area (Å²) in [4.78, 5) is 14.5. The van der Waals surface area contributed by atoms with Gasteiger partial charge >= 0.3 is 0 Å². The third-order valence-electron chi connectivity index (χ3n) is 3.70. The first kappa shape index (κ1) is 13.5. The van der Waals surface area contributed by atoms with E-state index in [1.165, 1.54) is 5.69 Å². The Morgan fingerprint density at radius 3 is 3.00 bits per heavy atom. The van der Waals surface area contributed by atoms with Gasteiger partial charge in [0.2, 0.25) is 5.91 Å². The molecule has 1 aliphatic rings. The van der Waals surface area contributed by atoms with Crippen LogP contribution in [-0.4, -0.2) is 33.9 Å². The van der Waals surface area contributed by atoms with E-state index in [0.717, 1.165) is 25.1 Å². The highest BCUT2D eigenvalue weighted by Crippen LogP contribution is 2.33. The van der Waals surface area contributed by atoms with Crippen molar-refractivity contribution < 1.29 is 4.79 Å². The molecule has 1 aliphatic heterocycles. The summed E-state index contributed by atoms with van der Waals surface area (Å²) >= 11 is 1.75. The third-order valence-corrected chi connectivity index (χ3v) is 4.53.